The second kappa shape index (κ2) is 5.24. The van der Waals surface area contributed by atoms with E-state index in [1.54, 1.807) is 0 Å². The average molecular weight is 227 g/mol. The first-order chi connectivity index (χ1) is 7.50. The number of carbonyl (C=O) groups excluding carboxylic acids is 2. The summed E-state index contributed by atoms with van der Waals surface area (Å²) in [5, 5.41) is 14.6. The third-order valence-corrected chi connectivity index (χ3v) is 2.16. The number of amides is 2. The zero-order valence-corrected chi connectivity index (χ0v) is 8.82. The molecule has 0 aromatic rings. The topological polar surface area (TPSA) is 108 Å². The van der Waals surface area contributed by atoms with Gasteiger partial charge in [-0.2, -0.15) is 5.10 Å². The van der Waals surface area contributed by atoms with E-state index in [4.69, 9.17) is 5.11 Å². The van der Waals surface area contributed by atoms with Crippen molar-refractivity contribution in [2.75, 3.05) is 6.54 Å². The Labute approximate surface area is 91.9 Å². The number of carboxylic acid groups (broad SMARTS) is 1. The van der Waals surface area contributed by atoms with Gasteiger partial charge in [-0.25, -0.2) is 5.43 Å². The number of hydrogen-bond donors (Lipinski definition) is 3. The molecule has 7 nitrogen and oxygen atoms in total. The smallest absolute Gasteiger partial charge is 0.308 e. The van der Waals surface area contributed by atoms with Gasteiger partial charge in [0, 0.05) is 19.4 Å². The minimum atomic E-state index is -0.973. The van der Waals surface area contributed by atoms with Crippen molar-refractivity contribution in [3.8, 4) is 0 Å². The predicted octanol–water partition coefficient (Wildman–Crippen LogP) is -0.911. The monoisotopic (exact) mass is 227 g/mol. The Hall–Kier alpha value is -1.92. The molecule has 2 amide bonds. The number of carbonyl (C=O) groups is 3. The minimum absolute atomic E-state index is 0.0428. The van der Waals surface area contributed by atoms with Gasteiger partial charge in [0.15, 0.2) is 0 Å². The van der Waals surface area contributed by atoms with Gasteiger partial charge in [-0.1, -0.05) is 6.92 Å². The molecule has 1 aliphatic rings. The van der Waals surface area contributed by atoms with E-state index in [1.807, 2.05) is 0 Å². The van der Waals surface area contributed by atoms with Crippen molar-refractivity contribution >= 4 is 23.5 Å². The number of nitrogens with zero attached hydrogens (tertiary/aromatic N) is 1. The van der Waals surface area contributed by atoms with Gasteiger partial charge in [-0.3, -0.25) is 14.4 Å². The first-order valence-electron chi connectivity index (χ1n) is 4.87. The van der Waals surface area contributed by atoms with Crippen molar-refractivity contribution < 1.29 is 19.5 Å². The molecule has 1 rings (SSSR count). The van der Waals surface area contributed by atoms with E-state index in [2.05, 4.69) is 15.8 Å². The van der Waals surface area contributed by atoms with Crippen LogP contribution in [0, 0.1) is 5.92 Å². The summed E-state index contributed by atoms with van der Waals surface area (Å²) < 4.78 is 0. The number of nitrogens with one attached hydrogen (secondary N) is 2. The Bertz CT molecular complexity index is 351. The van der Waals surface area contributed by atoms with Crippen molar-refractivity contribution in [1.29, 1.82) is 0 Å². The highest BCUT2D eigenvalue weighted by Gasteiger charge is 2.19. The number of hydrogen-bond acceptors (Lipinski definition) is 4. The Morgan fingerprint density at radius 2 is 2.25 bits per heavy atom. The maximum atomic E-state index is 11.4. The van der Waals surface area contributed by atoms with Crippen LogP contribution >= 0.6 is 0 Å². The van der Waals surface area contributed by atoms with E-state index < -0.39 is 17.8 Å². The molecule has 0 spiro atoms. The molecule has 0 aromatic carbocycles. The van der Waals surface area contributed by atoms with Gasteiger partial charge in [0.2, 0.25) is 5.91 Å². The lowest BCUT2D eigenvalue weighted by molar-refractivity contribution is -0.141. The van der Waals surface area contributed by atoms with E-state index in [0.717, 1.165) is 0 Å². The van der Waals surface area contributed by atoms with Crippen LogP contribution in [-0.2, 0) is 14.4 Å². The van der Waals surface area contributed by atoms with Gasteiger partial charge >= 0.3 is 5.97 Å². The van der Waals surface area contributed by atoms with E-state index in [0.29, 0.717) is 0 Å². The molecule has 0 bridgehead atoms. The van der Waals surface area contributed by atoms with E-state index >= 15 is 0 Å². The van der Waals surface area contributed by atoms with Crippen LogP contribution < -0.4 is 10.7 Å². The van der Waals surface area contributed by atoms with Gasteiger partial charge in [-0.05, 0) is 0 Å². The molecule has 0 aliphatic carbocycles. The average Bonchev–Trinajstić information content (AvgIpc) is 2.26. The molecular formula is C9H13N3O4. The Kier molecular flexibility index (Phi) is 3.98. The maximum absolute atomic E-state index is 11.4. The molecule has 3 N–H and O–H groups in total. The summed E-state index contributed by atoms with van der Waals surface area (Å²) in [5.74, 6) is -2.29. The second-order valence-electron chi connectivity index (χ2n) is 3.54. The highest BCUT2D eigenvalue weighted by Crippen LogP contribution is 2.00. The summed E-state index contributed by atoms with van der Waals surface area (Å²) in [6, 6.07) is 0. The van der Waals surface area contributed by atoms with Crippen molar-refractivity contribution in [2.24, 2.45) is 11.0 Å². The summed E-state index contributed by atoms with van der Waals surface area (Å²) in [6.45, 7) is 1.54. The van der Waals surface area contributed by atoms with E-state index in [1.165, 1.54) is 6.92 Å². The van der Waals surface area contributed by atoms with E-state index in [9.17, 15) is 14.4 Å². The van der Waals surface area contributed by atoms with Gasteiger partial charge in [0.05, 0.1) is 5.92 Å². The lowest BCUT2D eigenvalue weighted by Gasteiger charge is -2.13. The second-order valence-corrected chi connectivity index (χ2v) is 3.54. The van der Waals surface area contributed by atoms with Crippen LogP contribution in [0.25, 0.3) is 0 Å². The molecule has 0 saturated carbocycles. The maximum Gasteiger partial charge on any atom is 0.308 e. The van der Waals surface area contributed by atoms with Crippen LogP contribution in [0.15, 0.2) is 5.10 Å². The molecule has 0 aromatic heterocycles. The standard InChI is InChI=1S/C9H13N3O4/c1-5(9(15)16)4-10-8(14)6-2-3-7(13)12-11-6/h5H,2-4H2,1H3,(H,10,14)(H,12,13)(H,15,16). The Morgan fingerprint density at radius 1 is 1.56 bits per heavy atom. The van der Waals surface area contributed by atoms with Gasteiger partial charge in [0.25, 0.3) is 5.91 Å². The Morgan fingerprint density at radius 3 is 2.75 bits per heavy atom. The summed E-state index contributed by atoms with van der Waals surface area (Å²) >= 11 is 0. The summed E-state index contributed by atoms with van der Waals surface area (Å²) in [7, 11) is 0. The predicted molar refractivity (Wildman–Crippen MR) is 54.6 cm³/mol. The van der Waals surface area contributed by atoms with Crippen LogP contribution in [0.1, 0.15) is 19.8 Å². The van der Waals surface area contributed by atoms with Crippen molar-refractivity contribution in [3.63, 3.8) is 0 Å². The molecule has 7 heteroatoms. The summed E-state index contributed by atoms with van der Waals surface area (Å²) in [4.78, 5) is 32.7. The SMILES string of the molecule is CC(CNC(=O)C1=NNC(=O)CC1)C(=O)O. The summed E-state index contributed by atoms with van der Waals surface area (Å²) in [6.07, 6.45) is 0.500. The molecule has 1 heterocycles. The highest BCUT2D eigenvalue weighted by molar-refractivity contribution is 6.39. The molecule has 1 atom stereocenters. The first-order valence-corrected chi connectivity index (χ1v) is 4.87. The third kappa shape index (κ3) is 3.34. The van der Waals surface area contributed by atoms with Crippen LogP contribution in [0.3, 0.4) is 0 Å². The van der Waals surface area contributed by atoms with Crippen molar-refractivity contribution in [3.05, 3.63) is 0 Å². The van der Waals surface area contributed by atoms with Crippen LogP contribution in [0.5, 0.6) is 0 Å². The van der Waals surface area contributed by atoms with E-state index in [-0.39, 0.29) is 31.0 Å². The first kappa shape index (κ1) is 12.2. The molecule has 0 saturated heterocycles. The molecule has 0 fully saturated rings. The Balaban J connectivity index is 2.41. The zero-order chi connectivity index (χ0) is 12.1. The normalized spacial score (nSPS) is 17.1. The number of rotatable bonds is 4. The van der Waals surface area contributed by atoms with Crippen LogP contribution in [-0.4, -0.2) is 35.1 Å². The molecular weight excluding hydrogens is 214 g/mol. The fraction of sp³-hybridized carbons (Fsp3) is 0.556. The molecule has 16 heavy (non-hydrogen) atoms. The lowest BCUT2D eigenvalue weighted by atomic mass is 10.1. The number of hydrazone groups is 1. The highest BCUT2D eigenvalue weighted by atomic mass is 16.4. The molecule has 88 valence electrons. The van der Waals surface area contributed by atoms with Gasteiger partial charge in [0.1, 0.15) is 5.71 Å². The third-order valence-electron chi connectivity index (χ3n) is 2.16. The van der Waals surface area contributed by atoms with Gasteiger partial charge in [-0.15, -0.1) is 0 Å². The fourth-order valence-electron chi connectivity index (χ4n) is 1.07. The molecule has 1 unspecified atom stereocenters. The minimum Gasteiger partial charge on any atom is -0.481 e. The van der Waals surface area contributed by atoms with Crippen molar-refractivity contribution in [2.45, 2.75) is 19.8 Å². The van der Waals surface area contributed by atoms with Gasteiger partial charge < -0.3 is 10.4 Å². The molecule has 1 aliphatic heterocycles. The van der Waals surface area contributed by atoms with Crippen molar-refractivity contribution in [1.82, 2.24) is 10.7 Å². The van der Waals surface area contributed by atoms with Crippen LogP contribution in [0.2, 0.25) is 0 Å². The largest absolute Gasteiger partial charge is 0.481 e. The zero-order valence-electron chi connectivity index (χ0n) is 8.82. The molecule has 0 radical (unpaired) electrons. The quantitative estimate of drug-likeness (QED) is 0.577. The number of carboxylic acids is 1. The summed E-state index contributed by atoms with van der Waals surface area (Å²) in [5.41, 5.74) is 2.41. The number of aliphatic carboxylic acids is 1. The lowest BCUT2D eigenvalue weighted by Crippen LogP contribution is -2.39. The fourth-order valence-corrected chi connectivity index (χ4v) is 1.07. The van der Waals surface area contributed by atoms with Crippen LogP contribution in [0.4, 0.5) is 0 Å².